The Kier molecular flexibility index (Phi) is 5.26. The highest BCUT2D eigenvalue weighted by atomic mass is 16.5. The van der Waals surface area contributed by atoms with E-state index in [0.717, 1.165) is 31.4 Å². The van der Waals surface area contributed by atoms with Gasteiger partial charge in [0.05, 0.1) is 6.10 Å². The summed E-state index contributed by atoms with van der Waals surface area (Å²) in [6.07, 6.45) is 4.20. The summed E-state index contributed by atoms with van der Waals surface area (Å²) in [5.74, 6) is 1.74. The molecule has 0 aromatic carbocycles. The van der Waals surface area contributed by atoms with E-state index in [1.165, 1.54) is 39.0 Å². The molecule has 2 unspecified atom stereocenters. The zero-order valence-corrected chi connectivity index (χ0v) is 11.5. The Labute approximate surface area is 106 Å². The molecule has 0 radical (unpaired) electrons. The highest BCUT2D eigenvalue weighted by Gasteiger charge is 2.27. The second-order valence-electron chi connectivity index (χ2n) is 5.79. The van der Waals surface area contributed by atoms with Crippen molar-refractivity contribution in [3.63, 3.8) is 0 Å². The van der Waals surface area contributed by atoms with Crippen LogP contribution in [0.15, 0.2) is 0 Å². The Balaban J connectivity index is 1.68. The minimum Gasteiger partial charge on any atom is -0.377 e. The van der Waals surface area contributed by atoms with Gasteiger partial charge in [-0.25, -0.2) is 0 Å². The highest BCUT2D eigenvalue weighted by Crippen LogP contribution is 2.20. The SMILES string of the molecule is CCCOC1CCCN(CC(C)C2CNC2)C1. The van der Waals surface area contributed by atoms with Gasteiger partial charge in [-0.05, 0) is 50.7 Å². The van der Waals surface area contributed by atoms with Crippen molar-refractivity contribution >= 4 is 0 Å². The van der Waals surface area contributed by atoms with E-state index in [2.05, 4.69) is 24.1 Å². The number of hydrogen-bond donors (Lipinski definition) is 1. The molecule has 0 amide bonds. The monoisotopic (exact) mass is 240 g/mol. The lowest BCUT2D eigenvalue weighted by Crippen LogP contribution is -2.50. The Hall–Kier alpha value is -0.120. The molecular formula is C14H28N2O. The summed E-state index contributed by atoms with van der Waals surface area (Å²) in [7, 11) is 0. The van der Waals surface area contributed by atoms with Gasteiger partial charge in [-0.2, -0.15) is 0 Å². The Morgan fingerprint density at radius 2 is 2.24 bits per heavy atom. The summed E-state index contributed by atoms with van der Waals surface area (Å²) < 4.78 is 5.89. The van der Waals surface area contributed by atoms with Crippen LogP contribution in [0.1, 0.15) is 33.1 Å². The van der Waals surface area contributed by atoms with Gasteiger partial charge in [0.1, 0.15) is 0 Å². The molecule has 0 saturated carbocycles. The van der Waals surface area contributed by atoms with E-state index in [-0.39, 0.29) is 0 Å². The minimum atomic E-state index is 0.496. The second-order valence-corrected chi connectivity index (χ2v) is 5.79. The van der Waals surface area contributed by atoms with Gasteiger partial charge in [0.2, 0.25) is 0 Å². The Morgan fingerprint density at radius 3 is 2.88 bits per heavy atom. The number of likely N-dealkylation sites (tertiary alicyclic amines) is 1. The molecule has 1 N–H and O–H groups in total. The topological polar surface area (TPSA) is 24.5 Å². The van der Waals surface area contributed by atoms with Crippen LogP contribution in [0, 0.1) is 11.8 Å². The molecule has 0 spiro atoms. The number of nitrogens with one attached hydrogen (secondary N) is 1. The molecule has 2 fully saturated rings. The summed E-state index contributed by atoms with van der Waals surface area (Å²) in [5.41, 5.74) is 0. The molecule has 2 saturated heterocycles. The smallest absolute Gasteiger partial charge is 0.0702 e. The van der Waals surface area contributed by atoms with Crippen LogP contribution in [-0.4, -0.2) is 50.3 Å². The van der Waals surface area contributed by atoms with Crippen molar-refractivity contribution in [2.75, 3.05) is 39.3 Å². The number of piperidine rings is 1. The first kappa shape index (κ1) is 13.3. The summed E-state index contributed by atoms with van der Waals surface area (Å²) >= 11 is 0. The molecule has 0 aliphatic carbocycles. The summed E-state index contributed by atoms with van der Waals surface area (Å²) in [4.78, 5) is 2.62. The van der Waals surface area contributed by atoms with Crippen LogP contribution in [0.3, 0.4) is 0 Å². The lowest BCUT2D eigenvalue weighted by atomic mass is 9.88. The molecule has 2 atom stereocenters. The summed E-state index contributed by atoms with van der Waals surface area (Å²) in [6, 6.07) is 0. The van der Waals surface area contributed by atoms with Gasteiger partial charge in [-0.15, -0.1) is 0 Å². The Bertz CT molecular complexity index is 218. The molecule has 0 bridgehead atoms. The van der Waals surface area contributed by atoms with Gasteiger partial charge in [-0.3, -0.25) is 0 Å². The van der Waals surface area contributed by atoms with E-state index in [4.69, 9.17) is 4.74 Å². The van der Waals surface area contributed by atoms with E-state index in [0.29, 0.717) is 6.10 Å². The van der Waals surface area contributed by atoms with Gasteiger partial charge < -0.3 is 15.0 Å². The molecule has 2 rings (SSSR count). The van der Waals surface area contributed by atoms with Crippen molar-refractivity contribution in [1.29, 1.82) is 0 Å². The average molecular weight is 240 g/mol. The van der Waals surface area contributed by atoms with Crippen molar-refractivity contribution in [2.24, 2.45) is 11.8 Å². The first-order valence-electron chi connectivity index (χ1n) is 7.34. The fraction of sp³-hybridized carbons (Fsp3) is 1.00. The van der Waals surface area contributed by atoms with Crippen LogP contribution in [-0.2, 0) is 4.74 Å². The quantitative estimate of drug-likeness (QED) is 0.765. The maximum Gasteiger partial charge on any atom is 0.0702 e. The molecule has 100 valence electrons. The molecule has 3 heteroatoms. The van der Waals surface area contributed by atoms with Gasteiger partial charge >= 0.3 is 0 Å². The first-order chi connectivity index (χ1) is 8.29. The zero-order chi connectivity index (χ0) is 12.1. The van der Waals surface area contributed by atoms with E-state index in [9.17, 15) is 0 Å². The van der Waals surface area contributed by atoms with E-state index >= 15 is 0 Å². The lowest BCUT2D eigenvalue weighted by molar-refractivity contribution is -0.00665. The predicted octanol–water partition coefficient (Wildman–Crippen LogP) is 1.73. The number of rotatable bonds is 6. The third-order valence-corrected chi connectivity index (χ3v) is 4.18. The van der Waals surface area contributed by atoms with Crippen LogP contribution >= 0.6 is 0 Å². The van der Waals surface area contributed by atoms with Crippen molar-refractivity contribution in [3.8, 4) is 0 Å². The van der Waals surface area contributed by atoms with Crippen LogP contribution in [0.2, 0.25) is 0 Å². The average Bonchev–Trinajstić information content (AvgIpc) is 2.24. The van der Waals surface area contributed by atoms with E-state index in [1.54, 1.807) is 0 Å². The third-order valence-electron chi connectivity index (χ3n) is 4.18. The second kappa shape index (κ2) is 6.72. The van der Waals surface area contributed by atoms with Crippen LogP contribution in [0.4, 0.5) is 0 Å². The first-order valence-corrected chi connectivity index (χ1v) is 7.34. The maximum atomic E-state index is 5.89. The van der Waals surface area contributed by atoms with Gasteiger partial charge in [0, 0.05) is 19.7 Å². The molecule has 2 aliphatic heterocycles. The predicted molar refractivity (Wildman–Crippen MR) is 71.2 cm³/mol. The Morgan fingerprint density at radius 1 is 1.41 bits per heavy atom. The third kappa shape index (κ3) is 3.94. The fourth-order valence-electron chi connectivity index (χ4n) is 2.87. The molecule has 17 heavy (non-hydrogen) atoms. The van der Waals surface area contributed by atoms with E-state index < -0.39 is 0 Å². The normalized spacial score (nSPS) is 28.9. The lowest BCUT2D eigenvalue weighted by Gasteiger charge is -2.38. The number of ether oxygens (including phenoxy) is 1. The summed E-state index contributed by atoms with van der Waals surface area (Å²) in [6.45, 7) is 11.7. The largest absolute Gasteiger partial charge is 0.377 e. The van der Waals surface area contributed by atoms with E-state index in [1.807, 2.05) is 0 Å². The van der Waals surface area contributed by atoms with Crippen molar-refractivity contribution in [3.05, 3.63) is 0 Å². The molecular weight excluding hydrogens is 212 g/mol. The highest BCUT2D eigenvalue weighted by molar-refractivity contribution is 4.83. The van der Waals surface area contributed by atoms with Crippen LogP contribution < -0.4 is 5.32 Å². The van der Waals surface area contributed by atoms with Gasteiger partial charge in [0.15, 0.2) is 0 Å². The van der Waals surface area contributed by atoms with Crippen molar-refractivity contribution in [1.82, 2.24) is 10.2 Å². The molecule has 0 aromatic rings. The molecule has 2 heterocycles. The van der Waals surface area contributed by atoms with Crippen molar-refractivity contribution < 1.29 is 4.74 Å². The number of nitrogens with zero attached hydrogens (tertiary/aromatic N) is 1. The van der Waals surface area contributed by atoms with Crippen LogP contribution in [0.25, 0.3) is 0 Å². The van der Waals surface area contributed by atoms with Gasteiger partial charge in [-0.1, -0.05) is 13.8 Å². The molecule has 0 aromatic heterocycles. The van der Waals surface area contributed by atoms with Crippen molar-refractivity contribution in [2.45, 2.75) is 39.2 Å². The van der Waals surface area contributed by atoms with Gasteiger partial charge in [0.25, 0.3) is 0 Å². The summed E-state index contributed by atoms with van der Waals surface area (Å²) in [5, 5.41) is 3.37. The molecule has 3 nitrogen and oxygen atoms in total. The zero-order valence-electron chi connectivity index (χ0n) is 11.5. The molecule has 2 aliphatic rings. The number of hydrogen-bond acceptors (Lipinski definition) is 3. The minimum absolute atomic E-state index is 0.496. The van der Waals surface area contributed by atoms with Crippen LogP contribution in [0.5, 0.6) is 0 Å². The fourth-order valence-corrected chi connectivity index (χ4v) is 2.87. The standard InChI is InChI=1S/C14H28N2O/c1-3-7-17-14-5-4-6-16(11-14)10-12(2)13-8-15-9-13/h12-15H,3-11H2,1-2H3. The maximum absolute atomic E-state index is 5.89.